The molecular formula is C55H92O6. The van der Waals surface area contributed by atoms with Gasteiger partial charge in [0.25, 0.3) is 0 Å². The standard InChI is InChI=1S/C55H92O6/c1-4-7-10-13-16-19-22-25-26-27-28-29-31-33-36-39-42-45-48-54(57)60-51-52(50-59-53(56)47-44-41-38-35-32-24-21-18-15-12-9-6-3)61-55(58)49-46-43-40-37-34-30-23-20-17-14-11-8-5-2/h8-9,11-12,14,17-18,20-21,23,30,32,34-35,52H,4-7,10,13,15-16,19,22,24-29,31,33,36-51H2,1-3H3/b11-8-,12-9-,17-14-,21-18-,23-20-,34-30-,35-32-. The van der Waals surface area contributed by atoms with E-state index in [4.69, 9.17) is 14.2 Å². The van der Waals surface area contributed by atoms with Gasteiger partial charge in [-0.05, 0) is 70.6 Å². The minimum absolute atomic E-state index is 0.104. The summed E-state index contributed by atoms with van der Waals surface area (Å²) in [6.45, 7) is 6.31. The van der Waals surface area contributed by atoms with Crippen LogP contribution in [-0.2, 0) is 28.6 Å². The molecule has 0 spiro atoms. The van der Waals surface area contributed by atoms with Gasteiger partial charge in [-0.2, -0.15) is 0 Å². The Morgan fingerprint density at radius 3 is 1.23 bits per heavy atom. The van der Waals surface area contributed by atoms with Gasteiger partial charge in [0.2, 0.25) is 0 Å². The fraction of sp³-hybridized carbons (Fsp3) is 0.691. The molecular weight excluding hydrogens is 757 g/mol. The average molecular weight is 849 g/mol. The van der Waals surface area contributed by atoms with Crippen molar-refractivity contribution in [3.8, 4) is 0 Å². The average Bonchev–Trinajstić information content (AvgIpc) is 3.26. The summed E-state index contributed by atoms with van der Waals surface area (Å²) in [5.41, 5.74) is 0. The molecule has 0 radical (unpaired) electrons. The van der Waals surface area contributed by atoms with Gasteiger partial charge >= 0.3 is 17.9 Å². The third-order valence-corrected chi connectivity index (χ3v) is 10.5. The van der Waals surface area contributed by atoms with E-state index in [-0.39, 0.29) is 37.5 Å². The van der Waals surface area contributed by atoms with Crippen LogP contribution >= 0.6 is 0 Å². The van der Waals surface area contributed by atoms with Crippen molar-refractivity contribution < 1.29 is 28.6 Å². The Balaban J connectivity index is 4.42. The summed E-state index contributed by atoms with van der Waals surface area (Å²) < 4.78 is 16.7. The maximum Gasteiger partial charge on any atom is 0.306 e. The third kappa shape index (κ3) is 47.5. The Morgan fingerprint density at radius 1 is 0.361 bits per heavy atom. The molecule has 0 heterocycles. The van der Waals surface area contributed by atoms with E-state index in [2.05, 4.69) is 69.4 Å². The number of hydrogen-bond donors (Lipinski definition) is 0. The first-order valence-corrected chi connectivity index (χ1v) is 25.1. The summed E-state index contributed by atoms with van der Waals surface area (Å²) in [6.07, 6.45) is 62.9. The maximum absolute atomic E-state index is 12.7. The Hall–Kier alpha value is -3.41. The molecule has 0 aliphatic heterocycles. The predicted octanol–water partition coefficient (Wildman–Crippen LogP) is 16.4. The SMILES string of the molecule is CC\C=C/C=C\C=C/C=C\CCCCCC(=O)OC(COC(=O)CCCC/C=C\C/C=C\C/C=C\CC)COC(=O)CCCCCCCCCCCCCCCCCCCC. The van der Waals surface area contributed by atoms with E-state index in [0.717, 1.165) is 83.5 Å². The quantitative estimate of drug-likeness (QED) is 0.0200. The lowest BCUT2D eigenvalue weighted by Crippen LogP contribution is -2.30. The molecule has 6 nitrogen and oxygen atoms in total. The zero-order valence-corrected chi connectivity index (χ0v) is 39.7. The highest BCUT2D eigenvalue weighted by atomic mass is 16.6. The Labute approximate surface area is 375 Å². The lowest BCUT2D eigenvalue weighted by Gasteiger charge is -2.18. The van der Waals surface area contributed by atoms with Gasteiger partial charge in [0.05, 0.1) is 0 Å². The first-order chi connectivity index (χ1) is 30.0. The van der Waals surface area contributed by atoms with Crippen molar-refractivity contribution in [2.75, 3.05) is 13.2 Å². The molecule has 61 heavy (non-hydrogen) atoms. The smallest absolute Gasteiger partial charge is 0.306 e. The first-order valence-electron chi connectivity index (χ1n) is 25.1. The number of allylic oxidation sites excluding steroid dienone is 14. The van der Waals surface area contributed by atoms with E-state index in [1.54, 1.807) is 0 Å². The van der Waals surface area contributed by atoms with Crippen molar-refractivity contribution in [2.45, 2.75) is 232 Å². The maximum atomic E-state index is 12.7. The summed E-state index contributed by atoms with van der Waals surface area (Å²) in [7, 11) is 0. The van der Waals surface area contributed by atoms with E-state index in [0.29, 0.717) is 19.3 Å². The summed E-state index contributed by atoms with van der Waals surface area (Å²) in [4.78, 5) is 37.9. The zero-order valence-electron chi connectivity index (χ0n) is 39.7. The minimum Gasteiger partial charge on any atom is -0.462 e. The van der Waals surface area contributed by atoms with Gasteiger partial charge in [0, 0.05) is 19.3 Å². The summed E-state index contributed by atoms with van der Waals surface area (Å²) in [6, 6.07) is 0. The second-order valence-corrected chi connectivity index (χ2v) is 16.4. The van der Waals surface area contributed by atoms with Crippen molar-refractivity contribution in [3.05, 3.63) is 85.1 Å². The highest BCUT2D eigenvalue weighted by Gasteiger charge is 2.19. The van der Waals surface area contributed by atoms with Crippen LogP contribution in [0.15, 0.2) is 85.1 Å². The molecule has 0 rings (SSSR count). The summed E-state index contributed by atoms with van der Waals surface area (Å²) in [5, 5.41) is 0. The molecule has 1 atom stereocenters. The lowest BCUT2D eigenvalue weighted by atomic mass is 10.0. The van der Waals surface area contributed by atoms with Gasteiger partial charge in [0.1, 0.15) is 13.2 Å². The highest BCUT2D eigenvalue weighted by Crippen LogP contribution is 2.15. The third-order valence-electron chi connectivity index (χ3n) is 10.5. The van der Waals surface area contributed by atoms with Crippen molar-refractivity contribution in [2.24, 2.45) is 0 Å². The Bertz CT molecular complexity index is 1200. The van der Waals surface area contributed by atoms with Crippen LogP contribution in [-0.4, -0.2) is 37.2 Å². The van der Waals surface area contributed by atoms with E-state index in [9.17, 15) is 14.4 Å². The second kappa shape index (κ2) is 49.2. The largest absolute Gasteiger partial charge is 0.462 e. The predicted molar refractivity (Wildman–Crippen MR) is 261 cm³/mol. The molecule has 0 amide bonds. The number of unbranched alkanes of at least 4 members (excludes halogenated alkanes) is 22. The van der Waals surface area contributed by atoms with Crippen molar-refractivity contribution in [1.82, 2.24) is 0 Å². The van der Waals surface area contributed by atoms with E-state index >= 15 is 0 Å². The van der Waals surface area contributed by atoms with Gasteiger partial charge in [-0.15, -0.1) is 0 Å². The second-order valence-electron chi connectivity index (χ2n) is 16.4. The molecule has 0 aliphatic rings. The fourth-order valence-corrected chi connectivity index (χ4v) is 6.76. The zero-order chi connectivity index (χ0) is 44.4. The minimum atomic E-state index is -0.810. The number of carbonyl (C=O) groups excluding carboxylic acids is 3. The Kier molecular flexibility index (Phi) is 46.5. The fourth-order valence-electron chi connectivity index (χ4n) is 6.76. The van der Waals surface area contributed by atoms with Gasteiger partial charge < -0.3 is 14.2 Å². The van der Waals surface area contributed by atoms with Crippen LogP contribution < -0.4 is 0 Å². The van der Waals surface area contributed by atoms with Crippen LogP contribution in [0.4, 0.5) is 0 Å². The van der Waals surface area contributed by atoms with Crippen LogP contribution in [0.3, 0.4) is 0 Å². The normalized spacial score (nSPS) is 12.8. The molecule has 1 unspecified atom stereocenters. The van der Waals surface area contributed by atoms with Crippen molar-refractivity contribution in [3.63, 3.8) is 0 Å². The topological polar surface area (TPSA) is 78.9 Å². The van der Waals surface area contributed by atoms with Crippen LogP contribution in [0.5, 0.6) is 0 Å². The van der Waals surface area contributed by atoms with Crippen LogP contribution in [0.1, 0.15) is 226 Å². The Morgan fingerprint density at radius 2 is 0.721 bits per heavy atom. The van der Waals surface area contributed by atoms with Gasteiger partial charge in [-0.25, -0.2) is 0 Å². The van der Waals surface area contributed by atoms with Crippen molar-refractivity contribution in [1.29, 1.82) is 0 Å². The number of hydrogen-bond acceptors (Lipinski definition) is 6. The van der Waals surface area contributed by atoms with Crippen LogP contribution in [0, 0.1) is 0 Å². The number of ether oxygens (including phenoxy) is 3. The van der Waals surface area contributed by atoms with E-state index < -0.39 is 6.10 Å². The molecule has 0 aromatic carbocycles. The number of esters is 3. The summed E-state index contributed by atoms with van der Waals surface area (Å²) >= 11 is 0. The molecule has 0 N–H and O–H groups in total. The van der Waals surface area contributed by atoms with E-state index in [1.807, 2.05) is 36.5 Å². The molecule has 348 valence electrons. The molecule has 0 aromatic heterocycles. The number of rotatable bonds is 44. The first kappa shape index (κ1) is 57.6. The highest BCUT2D eigenvalue weighted by molar-refractivity contribution is 5.71. The molecule has 0 bridgehead atoms. The van der Waals surface area contributed by atoms with Crippen LogP contribution in [0.25, 0.3) is 0 Å². The molecule has 0 saturated heterocycles. The molecule has 0 fully saturated rings. The molecule has 0 saturated carbocycles. The van der Waals surface area contributed by atoms with Crippen LogP contribution in [0.2, 0.25) is 0 Å². The summed E-state index contributed by atoms with van der Waals surface area (Å²) in [5.74, 6) is -0.986. The monoisotopic (exact) mass is 849 g/mol. The van der Waals surface area contributed by atoms with Gasteiger partial charge in [-0.1, -0.05) is 221 Å². The van der Waals surface area contributed by atoms with Gasteiger partial charge in [-0.3, -0.25) is 14.4 Å². The van der Waals surface area contributed by atoms with E-state index in [1.165, 1.54) is 96.3 Å². The van der Waals surface area contributed by atoms with Crippen molar-refractivity contribution >= 4 is 17.9 Å². The molecule has 0 aromatic rings. The number of carbonyl (C=O) groups is 3. The molecule has 0 aliphatic carbocycles. The lowest BCUT2D eigenvalue weighted by molar-refractivity contribution is -0.167. The van der Waals surface area contributed by atoms with Gasteiger partial charge in [0.15, 0.2) is 6.10 Å². The molecule has 6 heteroatoms.